The normalized spacial score (nSPS) is 19.0. The van der Waals surface area contributed by atoms with Gasteiger partial charge in [0.05, 0.1) is 16.8 Å². The van der Waals surface area contributed by atoms with Crippen LogP contribution in [0.2, 0.25) is 0 Å². The van der Waals surface area contributed by atoms with Gasteiger partial charge in [0.2, 0.25) is 5.91 Å². The molecular formula is C26H26N4O2S2. The van der Waals surface area contributed by atoms with Gasteiger partial charge in [0.25, 0.3) is 0 Å². The zero-order valence-electron chi connectivity index (χ0n) is 18.8. The molecule has 0 bridgehead atoms. The molecule has 1 fully saturated rings. The average Bonchev–Trinajstić information content (AvgIpc) is 3.51. The second-order valence-electron chi connectivity index (χ2n) is 8.77. The third-order valence-electron chi connectivity index (χ3n) is 6.52. The van der Waals surface area contributed by atoms with E-state index in [1.54, 1.807) is 22.7 Å². The molecule has 0 spiro atoms. The van der Waals surface area contributed by atoms with Crippen LogP contribution in [0.5, 0.6) is 5.75 Å². The van der Waals surface area contributed by atoms with Gasteiger partial charge in [-0.1, -0.05) is 41.7 Å². The fourth-order valence-corrected chi connectivity index (χ4v) is 6.38. The Morgan fingerprint density at radius 1 is 1.03 bits per heavy atom. The molecule has 2 aliphatic rings. The Bertz CT molecular complexity index is 1250. The van der Waals surface area contributed by atoms with Gasteiger partial charge < -0.3 is 14.5 Å². The SMILES string of the molecule is O=C(CN1Cc2ccccc2OC(c2ccsc2)C1)N1CCN(c2nc3ccccc3s2)CC1. The van der Waals surface area contributed by atoms with Crippen LogP contribution in [0.25, 0.3) is 10.2 Å². The molecule has 0 aliphatic carbocycles. The predicted octanol–water partition coefficient (Wildman–Crippen LogP) is 4.64. The van der Waals surface area contributed by atoms with Crippen molar-refractivity contribution in [1.29, 1.82) is 0 Å². The number of hydrogen-bond acceptors (Lipinski definition) is 7. The molecule has 0 saturated carbocycles. The van der Waals surface area contributed by atoms with E-state index < -0.39 is 0 Å². The van der Waals surface area contributed by atoms with E-state index in [1.807, 2.05) is 29.2 Å². The zero-order valence-corrected chi connectivity index (χ0v) is 20.4. The molecule has 2 aromatic heterocycles. The molecule has 2 aromatic carbocycles. The second kappa shape index (κ2) is 9.37. The minimum absolute atomic E-state index is 0.0708. The second-order valence-corrected chi connectivity index (χ2v) is 10.6. The molecule has 4 aromatic rings. The highest BCUT2D eigenvalue weighted by Crippen LogP contribution is 2.32. The van der Waals surface area contributed by atoms with Gasteiger partial charge in [-0.05, 0) is 35.0 Å². The van der Waals surface area contributed by atoms with Crippen molar-refractivity contribution in [1.82, 2.24) is 14.8 Å². The molecule has 4 heterocycles. The van der Waals surface area contributed by atoms with E-state index >= 15 is 0 Å². The molecule has 1 amide bonds. The zero-order chi connectivity index (χ0) is 22.9. The van der Waals surface area contributed by atoms with Gasteiger partial charge in [0.15, 0.2) is 5.13 Å². The Morgan fingerprint density at radius 2 is 1.85 bits per heavy atom. The third-order valence-corrected chi connectivity index (χ3v) is 8.32. The summed E-state index contributed by atoms with van der Waals surface area (Å²) in [6, 6.07) is 18.5. The fraction of sp³-hybridized carbons (Fsp3) is 0.308. The number of aromatic nitrogens is 1. The molecule has 1 unspecified atom stereocenters. The minimum atomic E-state index is -0.0708. The van der Waals surface area contributed by atoms with Gasteiger partial charge in [-0.3, -0.25) is 9.69 Å². The number of carbonyl (C=O) groups excluding carboxylic acids is 1. The standard InChI is InChI=1S/C26H26N4O2S2/c31-25(29-10-12-30(13-11-29)26-27-21-6-2-4-8-24(21)34-26)17-28-15-19-5-1-3-7-22(19)32-23(16-28)20-9-14-33-18-20/h1-9,14,18,23H,10-13,15-17H2. The summed E-state index contributed by atoms with van der Waals surface area (Å²) in [7, 11) is 0. The Morgan fingerprint density at radius 3 is 2.68 bits per heavy atom. The number of thiazole rings is 1. The third kappa shape index (κ3) is 4.41. The molecule has 1 saturated heterocycles. The van der Waals surface area contributed by atoms with Crippen molar-refractivity contribution >= 4 is 43.9 Å². The maximum absolute atomic E-state index is 13.3. The number of fused-ring (bicyclic) bond motifs is 2. The first-order valence-electron chi connectivity index (χ1n) is 11.6. The van der Waals surface area contributed by atoms with E-state index in [0.29, 0.717) is 19.6 Å². The van der Waals surface area contributed by atoms with Crippen LogP contribution >= 0.6 is 22.7 Å². The van der Waals surface area contributed by atoms with Gasteiger partial charge in [-0.25, -0.2) is 4.98 Å². The van der Waals surface area contributed by atoms with Crippen LogP contribution in [-0.4, -0.2) is 60.0 Å². The lowest BCUT2D eigenvalue weighted by Crippen LogP contribution is -2.51. The van der Waals surface area contributed by atoms with Crippen LogP contribution in [0.15, 0.2) is 65.4 Å². The highest BCUT2D eigenvalue weighted by Gasteiger charge is 2.29. The monoisotopic (exact) mass is 490 g/mol. The van der Waals surface area contributed by atoms with Crippen molar-refractivity contribution < 1.29 is 9.53 Å². The first-order chi connectivity index (χ1) is 16.7. The number of piperazine rings is 1. The number of amides is 1. The lowest BCUT2D eigenvalue weighted by molar-refractivity contribution is -0.133. The minimum Gasteiger partial charge on any atom is -0.484 e. The van der Waals surface area contributed by atoms with Crippen LogP contribution in [0.3, 0.4) is 0 Å². The number of anilines is 1. The van der Waals surface area contributed by atoms with Crippen LogP contribution in [0.4, 0.5) is 5.13 Å². The first-order valence-corrected chi connectivity index (χ1v) is 13.4. The molecule has 0 N–H and O–H groups in total. The number of thiophene rings is 1. The topological polar surface area (TPSA) is 48.9 Å². The van der Waals surface area contributed by atoms with Crippen molar-refractivity contribution in [3.8, 4) is 5.75 Å². The van der Waals surface area contributed by atoms with Crippen LogP contribution in [0.1, 0.15) is 17.2 Å². The van der Waals surface area contributed by atoms with E-state index in [-0.39, 0.29) is 12.0 Å². The van der Waals surface area contributed by atoms with E-state index in [2.05, 4.69) is 50.9 Å². The maximum Gasteiger partial charge on any atom is 0.236 e. The van der Waals surface area contributed by atoms with Crippen LogP contribution in [0, 0.1) is 0 Å². The highest BCUT2D eigenvalue weighted by molar-refractivity contribution is 7.22. The van der Waals surface area contributed by atoms with Crippen LogP contribution < -0.4 is 9.64 Å². The number of carbonyl (C=O) groups is 1. The Hall–Kier alpha value is -2.94. The van der Waals surface area contributed by atoms with Gasteiger partial charge in [0.1, 0.15) is 11.9 Å². The molecular weight excluding hydrogens is 464 g/mol. The van der Waals surface area contributed by atoms with Crippen molar-refractivity contribution in [2.24, 2.45) is 0 Å². The quantitative estimate of drug-likeness (QED) is 0.417. The summed E-state index contributed by atoms with van der Waals surface area (Å²) in [4.78, 5) is 24.6. The Kier molecular flexibility index (Phi) is 5.95. The van der Waals surface area contributed by atoms with Crippen molar-refractivity contribution in [3.63, 3.8) is 0 Å². The summed E-state index contributed by atoms with van der Waals surface area (Å²) >= 11 is 3.40. The van der Waals surface area contributed by atoms with E-state index in [1.165, 1.54) is 10.3 Å². The van der Waals surface area contributed by atoms with Gasteiger partial charge in [-0.2, -0.15) is 11.3 Å². The van der Waals surface area contributed by atoms with Crippen LogP contribution in [-0.2, 0) is 11.3 Å². The molecule has 34 heavy (non-hydrogen) atoms. The summed E-state index contributed by atoms with van der Waals surface area (Å²) in [6.07, 6.45) is -0.0708. The molecule has 1 atom stereocenters. The van der Waals surface area contributed by atoms with Crippen molar-refractivity contribution in [3.05, 3.63) is 76.5 Å². The number of hydrogen-bond donors (Lipinski definition) is 0. The lowest BCUT2D eigenvalue weighted by atomic mass is 10.2. The Labute approximate surface area is 207 Å². The molecule has 6 nitrogen and oxygen atoms in total. The number of benzene rings is 2. The van der Waals surface area contributed by atoms with E-state index in [9.17, 15) is 4.79 Å². The molecule has 174 valence electrons. The summed E-state index contributed by atoms with van der Waals surface area (Å²) < 4.78 is 7.58. The van der Waals surface area contributed by atoms with E-state index in [0.717, 1.165) is 48.1 Å². The number of para-hydroxylation sites is 2. The lowest BCUT2D eigenvalue weighted by Gasteiger charge is -2.35. The summed E-state index contributed by atoms with van der Waals surface area (Å²) in [5, 5.41) is 5.27. The average molecular weight is 491 g/mol. The summed E-state index contributed by atoms with van der Waals surface area (Å²) in [5.41, 5.74) is 3.35. The first kappa shape index (κ1) is 21.6. The fourth-order valence-electron chi connectivity index (χ4n) is 4.67. The smallest absolute Gasteiger partial charge is 0.236 e. The summed E-state index contributed by atoms with van der Waals surface area (Å²) in [6.45, 7) is 4.90. The number of ether oxygens (including phenoxy) is 1. The molecule has 8 heteroatoms. The summed E-state index contributed by atoms with van der Waals surface area (Å²) in [5.74, 6) is 1.10. The molecule has 6 rings (SSSR count). The largest absolute Gasteiger partial charge is 0.484 e. The van der Waals surface area contributed by atoms with Crippen molar-refractivity contribution in [2.75, 3.05) is 44.2 Å². The van der Waals surface area contributed by atoms with Gasteiger partial charge >= 0.3 is 0 Å². The van der Waals surface area contributed by atoms with Gasteiger partial charge in [-0.15, -0.1) is 0 Å². The van der Waals surface area contributed by atoms with E-state index in [4.69, 9.17) is 9.72 Å². The predicted molar refractivity (Wildman–Crippen MR) is 138 cm³/mol. The molecule has 0 radical (unpaired) electrons. The number of nitrogens with zero attached hydrogens (tertiary/aromatic N) is 4. The Balaban J connectivity index is 1.12. The maximum atomic E-state index is 13.3. The molecule has 2 aliphatic heterocycles. The highest BCUT2D eigenvalue weighted by atomic mass is 32.1. The van der Waals surface area contributed by atoms with Gasteiger partial charge in [0, 0.05) is 50.4 Å². The van der Waals surface area contributed by atoms with Crippen molar-refractivity contribution in [2.45, 2.75) is 12.6 Å². The number of rotatable bonds is 4.